The van der Waals surface area contributed by atoms with Crippen molar-refractivity contribution in [2.24, 2.45) is 0 Å². The summed E-state index contributed by atoms with van der Waals surface area (Å²) in [4.78, 5) is 17.2. The van der Waals surface area contributed by atoms with Gasteiger partial charge in [0.1, 0.15) is 22.9 Å². The van der Waals surface area contributed by atoms with Crippen LogP contribution in [0, 0.1) is 6.92 Å². The number of pyridine rings is 1. The first-order valence-corrected chi connectivity index (χ1v) is 8.28. The number of rotatable bonds is 4. The number of hydrogen-bond donors (Lipinski definition) is 1. The van der Waals surface area contributed by atoms with Gasteiger partial charge in [0.05, 0.1) is 6.26 Å². The van der Waals surface area contributed by atoms with Crippen molar-refractivity contribution in [2.45, 2.75) is 6.92 Å². The van der Waals surface area contributed by atoms with E-state index in [0.717, 1.165) is 22.5 Å². The zero-order valence-corrected chi connectivity index (χ0v) is 14.2. The van der Waals surface area contributed by atoms with Crippen LogP contribution in [0.1, 0.15) is 11.3 Å². The van der Waals surface area contributed by atoms with E-state index in [1.54, 1.807) is 24.5 Å². The molecule has 5 heteroatoms. The number of hydrogen-bond acceptors (Lipinski definition) is 3. The molecule has 0 fully saturated rings. The second kappa shape index (κ2) is 6.72. The van der Waals surface area contributed by atoms with E-state index in [0.29, 0.717) is 11.6 Å². The van der Waals surface area contributed by atoms with Crippen molar-refractivity contribution in [1.29, 1.82) is 0 Å². The highest BCUT2D eigenvalue weighted by Gasteiger charge is 2.16. The lowest BCUT2D eigenvalue weighted by Gasteiger charge is -2.06. The maximum Gasteiger partial charge on any atom is 0.249 e. The number of aromatic nitrogens is 2. The molecule has 1 N–H and O–H groups in total. The number of nitrogens with one attached hydrogen (secondary N) is 1. The molecule has 4 aromatic rings. The van der Waals surface area contributed by atoms with E-state index < -0.39 is 0 Å². The number of imidazole rings is 1. The molecule has 0 bridgehead atoms. The molecular formula is C21H17N3O2. The largest absolute Gasteiger partial charge is 0.465 e. The first-order valence-electron chi connectivity index (χ1n) is 8.28. The second-order valence-corrected chi connectivity index (χ2v) is 5.90. The summed E-state index contributed by atoms with van der Waals surface area (Å²) in [5.74, 6) is 1.02. The minimum Gasteiger partial charge on any atom is -0.465 e. The molecule has 0 radical (unpaired) electrons. The van der Waals surface area contributed by atoms with E-state index >= 15 is 0 Å². The minimum absolute atomic E-state index is 0.248. The maximum atomic E-state index is 12.4. The fraction of sp³-hybridized carbons (Fsp3) is 0.0476. The fourth-order valence-corrected chi connectivity index (χ4v) is 2.82. The number of fused-ring (bicyclic) bond motifs is 1. The van der Waals surface area contributed by atoms with E-state index in [1.807, 2.05) is 60.0 Å². The van der Waals surface area contributed by atoms with Crippen molar-refractivity contribution in [1.82, 2.24) is 9.38 Å². The van der Waals surface area contributed by atoms with Gasteiger partial charge in [-0.3, -0.25) is 9.20 Å². The van der Waals surface area contributed by atoms with Crippen LogP contribution in [0.25, 0.3) is 23.0 Å². The first-order chi connectivity index (χ1) is 12.7. The molecule has 0 atom stereocenters. The Kier molecular flexibility index (Phi) is 4.11. The molecule has 4 rings (SSSR count). The standard InChI is InChI=1S/C21H17N3O2/c1-15-7-5-13-24-20(15)23-19(16-8-3-2-4-9-16)21(24)22-18(25)12-11-17-10-6-14-26-17/h2-14H,1H3,(H,22,25)/b12-11-. The highest BCUT2D eigenvalue weighted by molar-refractivity contribution is 6.03. The maximum absolute atomic E-state index is 12.4. The summed E-state index contributed by atoms with van der Waals surface area (Å²) in [6, 6.07) is 17.3. The van der Waals surface area contributed by atoms with Crippen molar-refractivity contribution >= 4 is 23.4 Å². The number of amides is 1. The number of carbonyl (C=O) groups excluding carboxylic acids is 1. The van der Waals surface area contributed by atoms with Crippen LogP contribution in [0.2, 0.25) is 0 Å². The van der Waals surface area contributed by atoms with Gasteiger partial charge in [-0.2, -0.15) is 0 Å². The summed E-state index contributed by atoms with van der Waals surface area (Å²) >= 11 is 0. The molecule has 0 aliphatic rings. The molecule has 26 heavy (non-hydrogen) atoms. The summed E-state index contributed by atoms with van der Waals surface area (Å²) in [6.07, 6.45) is 6.54. The predicted octanol–water partition coefficient (Wildman–Crippen LogP) is 4.55. The Hall–Kier alpha value is -3.60. The van der Waals surface area contributed by atoms with E-state index in [9.17, 15) is 4.79 Å². The lowest BCUT2D eigenvalue weighted by molar-refractivity contribution is -0.111. The van der Waals surface area contributed by atoms with Gasteiger partial charge in [-0.05, 0) is 36.8 Å². The van der Waals surface area contributed by atoms with E-state index in [1.165, 1.54) is 6.08 Å². The lowest BCUT2D eigenvalue weighted by atomic mass is 10.1. The van der Waals surface area contributed by atoms with Gasteiger partial charge in [-0.1, -0.05) is 36.4 Å². The van der Waals surface area contributed by atoms with Crippen LogP contribution in [0.4, 0.5) is 5.82 Å². The average molecular weight is 343 g/mol. The third kappa shape index (κ3) is 3.02. The van der Waals surface area contributed by atoms with Crippen LogP contribution in [0.3, 0.4) is 0 Å². The zero-order valence-electron chi connectivity index (χ0n) is 14.2. The molecular weight excluding hydrogens is 326 g/mol. The molecule has 1 amide bonds. The summed E-state index contributed by atoms with van der Waals surface area (Å²) in [5, 5.41) is 2.95. The number of furan rings is 1. The molecule has 0 aliphatic carbocycles. The smallest absolute Gasteiger partial charge is 0.249 e. The van der Waals surface area contributed by atoms with Gasteiger partial charge in [0.2, 0.25) is 5.91 Å². The van der Waals surface area contributed by atoms with Crippen molar-refractivity contribution in [2.75, 3.05) is 5.32 Å². The van der Waals surface area contributed by atoms with Gasteiger partial charge in [-0.25, -0.2) is 4.98 Å². The lowest BCUT2D eigenvalue weighted by Crippen LogP contribution is -2.10. The monoisotopic (exact) mass is 343 g/mol. The molecule has 0 spiro atoms. The van der Waals surface area contributed by atoms with Gasteiger partial charge >= 0.3 is 0 Å². The molecule has 0 unspecified atom stereocenters. The van der Waals surface area contributed by atoms with Crippen molar-refractivity contribution < 1.29 is 9.21 Å². The Morgan fingerprint density at radius 1 is 1.12 bits per heavy atom. The molecule has 5 nitrogen and oxygen atoms in total. The van der Waals surface area contributed by atoms with Crippen LogP contribution in [0.5, 0.6) is 0 Å². The van der Waals surface area contributed by atoms with Crippen LogP contribution in [-0.4, -0.2) is 15.3 Å². The van der Waals surface area contributed by atoms with Crippen LogP contribution in [-0.2, 0) is 4.79 Å². The number of carbonyl (C=O) groups is 1. The molecule has 0 aliphatic heterocycles. The minimum atomic E-state index is -0.248. The third-order valence-electron chi connectivity index (χ3n) is 4.08. The zero-order chi connectivity index (χ0) is 17.9. The number of anilines is 1. The normalized spacial score (nSPS) is 11.3. The van der Waals surface area contributed by atoms with E-state index in [4.69, 9.17) is 9.40 Å². The predicted molar refractivity (Wildman–Crippen MR) is 102 cm³/mol. The van der Waals surface area contributed by atoms with Crippen molar-refractivity contribution in [3.8, 4) is 11.3 Å². The van der Waals surface area contributed by atoms with E-state index in [2.05, 4.69) is 5.32 Å². The first kappa shape index (κ1) is 15.9. The fourth-order valence-electron chi connectivity index (χ4n) is 2.82. The summed E-state index contributed by atoms with van der Waals surface area (Å²) in [5.41, 5.74) is 3.54. The van der Waals surface area contributed by atoms with Crippen LogP contribution in [0.15, 0.2) is 77.6 Å². The molecule has 0 saturated heterocycles. The summed E-state index contributed by atoms with van der Waals surface area (Å²) < 4.78 is 7.11. The quantitative estimate of drug-likeness (QED) is 0.553. The van der Waals surface area contributed by atoms with Crippen LogP contribution < -0.4 is 5.32 Å². The highest BCUT2D eigenvalue weighted by Crippen LogP contribution is 2.29. The highest BCUT2D eigenvalue weighted by atomic mass is 16.3. The molecule has 3 heterocycles. The third-order valence-corrected chi connectivity index (χ3v) is 4.08. The molecule has 0 saturated carbocycles. The van der Waals surface area contributed by atoms with Gasteiger partial charge < -0.3 is 9.73 Å². The Labute approximate surface area is 150 Å². The Morgan fingerprint density at radius 3 is 2.73 bits per heavy atom. The summed E-state index contributed by atoms with van der Waals surface area (Å²) in [6.45, 7) is 2.00. The van der Waals surface area contributed by atoms with Crippen molar-refractivity contribution in [3.05, 3.63) is 84.5 Å². The summed E-state index contributed by atoms with van der Waals surface area (Å²) in [7, 11) is 0. The topological polar surface area (TPSA) is 59.5 Å². The number of nitrogens with zero attached hydrogens (tertiary/aromatic N) is 2. The van der Waals surface area contributed by atoms with Crippen LogP contribution >= 0.6 is 0 Å². The van der Waals surface area contributed by atoms with Gasteiger partial charge in [0, 0.05) is 17.8 Å². The molecule has 3 aromatic heterocycles. The van der Waals surface area contributed by atoms with E-state index in [-0.39, 0.29) is 5.91 Å². The number of benzene rings is 1. The van der Waals surface area contributed by atoms with Crippen molar-refractivity contribution in [3.63, 3.8) is 0 Å². The molecule has 128 valence electrons. The molecule has 1 aromatic carbocycles. The number of aryl methyl sites for hydroxylation is 1. The SMILES string of the molecule is Cc1cccn2c(NC(=O)/C=C\c3ccco3)c(-c3ccccc3)nc12. The van der Waals surface area contributed by atoms with Gasteiger partial charge in [-0.15, -0.1) is 0 Å². The van der Waals surface area contributed by atoms with Gasteiger partial charge in [0.15, 0.2) is 0 Å². The second-order valence-electron chi connectivity index (χ2n) is 5.90. The average Bonchev–Trinajstić information content (AvgIpc) is 3.30. The Balaban J connectivity index is 1.75. The van der Waals surface area contributed by atoms with Gasteiger partial charge in [0.25, 0.3) is 0 Å². The Bertz CT molecular complexity index is 1080. The Morgan fingerprint density at radius 2 is 1.96 bits per heavy atom.